The first-order chi connectivity index (χ1) is 12.5. The highest BCUT2D eigenvalue weighted by molar-refractivity contribution is 5.93. The second-order valence-corrected chi connectivity index (χ2v) is 6.55. The van der Waals surface area contributed by atoms with E-state index in [0.717, 1.165) is 0 Å². The lowest BCUT2D eigenvalue weighted by atomic mass is 10.0. The zero-order chi connectivity index (χ0) is 18.7. The van der Waals surface area contributed by atoms with Gasteiger partial charge in [0.05, 0.1) is 5.39 Å². The van der Waals surface area contributed by atoms with Crippen LogP contribution >= 0.6 is 0 Å². The lowest BCUT2D eigenvalue weighted by molar-refractivity contribution is -0.119. The predicted molar refractivity (Wildman–Crippen MR) is 102 cm³/mol. The Bertz CT molecular complexity index is 977. The molecule has 1 N–H and O–H groups in total. The van der Waals surface area contributed by atoms with Gasteiger partial charge < -0.3 is 5.32 Å². The molecule has 0 spiro atoms. The fourth-order valence-electron chi connectivity index (χ4n) is 2.85. The third-order valence-corrected chi connectivity index (χ3v) is 4.42. The summed E-state index contributed by atoms with van der Waals surface area (Å²) in [6.07, 6.45) is 0.433. The lowest BCUT2D eigenvalue weighted by Gasteiger charge is -2.16. The minimum Gasteiger partial charge on any atom is -0.324 e. The van der Waals surface area contributed by atoms with Gasteiger partial charge in [-0.1, -0.05) is 50.3 Å². The van der Waals surface area contributed by atoms with Gasteiger partial charge in [-0.05, 0) is 42.2 Å². The van der Waals surface area contributed by atoms with E-state index >= 15 is 0 Å². The van der Waals surface area contributed by atoms with Crippen LogP contribution in [0.4, 0.5) is 5.69 Å². The summed E-state index contributed by atoms with van der Waals surface area (Å²) in [4.78, 5) is 25.4. The molecule has 0 fully saturated rings. The smallest absolute Gasteiger partial charge is 0.278 e. The average Bonchev–Trinajstić information content (AvgIpc) is 2.65. The minimum atomic E-state index is -0.718. The number of carbonyl (C=O) groups is 1. The van der Waals surface area contributed by atoms with E-state index in [2.05, 4.69) is 29.5 Å². The van der Waals surface area contributed by atoms with E-state index in [1.807, 2.05) is 31.2 Å². The molecule has 2 aromatic carbocycles. The molecular weight excluding hydrogens is 328 g/mol. The highest BCUT2D eigenvalue weighted by atomic mass is 16.2. The van der Waals surface area contributed by atoms with Crippen molar-refractivity contribution < 1.29 is 4.79 Å². The second-order valence-electron chi connectivity index (χ2n) is 6.55. The first kappa shape index (κ1) is 17.8. The molecule has 3 rings (SSSR count). The zero-order valence-electron chi connectivity index (χ0n) is 15.1. The van der Waals surface area contributed by atoms with E-state index in [0.29, 0.717) is 28.9 Å². The molecular formula is C20H22N4O2. The lowest BCUT2D eigenvalue weighted by Crippen LogP contribution is -2.35. The number of anilines is 1. The van der Waals surface area contributed by atoms with Crippen LogP contribution in [0, 0.1) is 0 Å². The number of aromatic nitrogens is 3. The van der Waals surface area contributed by atoms with Crippen LogP contribution in [0.3, 0.4) is 0 Å². The molecule has 6 nitrogen and oxygen atoms in total. The Morgan fingerprint density at radius 1 is 1.12 bits per heavy atom. The molecule has 0 radical (unpaired) electrons. The summed E-state index contributed by atoms with van der Waals surface area (Å²) in [6.45, 7) is 6.08. The number of rotatable bonds is 5. The molecule has 1 amide bonds. The summed E-state index contributed by atoms with van der Waals surface area (Å²) in [6, 6.07) is 14.0. The molecule has 6 heteroatoms. The summed E-state index contributed by atoms with van der Waals surface area (Å²) in [5.74, 6) is 0.145. The van der Waals surface area contributed by atoms with Gasteiger partial charge in [-0.25, -0.2) is 0 Å². The summed E-state index contributed by atoms with van der Waals surface area (Å²) in [5, 5.41) is 11.4. The third-order valence-electron chi connectivity index (χ3n) is 4.42. The van der Waals surface area contributed by atoms with E-state index < -0.39 is 6.04 Å². The van der Waals surface area contributed by atoms with Crippen molar-refractivity contribution in [2.45, 2.75) is 39.2 Å². The summed E-state index contributed by atoms with van der Waals surface area (Å²) in [5.41, 5.74) is 2.10. The molecule has 0 aliphatic heterocycles. The first-order valence-electron chi connectivity index (χ1n) is 8.76. The molecule has 0 saturated heterocycles. The van der Waals surface area contributed by atoms with E-state index in [9.17, 15) is 9.59 Å². The molecule has 0 aliphatic rings. The first-order valence-corrected chi connectivity index (χ1v) is 8.76. The Balaban J connectivity index is 1.87. The number of fused-ring (bicyclic) bond motifs is 1. The van der Waals surface area contributed by atoms with Gasteiger partial charge in [0.25, 0.3) is 5.56 Å². The number of hydrogen-bond acceptors (Lipinski definition) is 4. The molecule has 0 aliphatic carbocycles. The topological polar surface area (TPSA) is 76.9 Å². The zero-order valence-corrected chi connectivity index (χ0v) is 15.1. The van der Waals surface area contributed by atoms with Crippen LogP contribution in [0.25, 0.3) is 10.9 Å². The van der Waals surface area contributed by atoms with Crippen molar-refractivity contribution in [3.05, 3.63) is 64.4 Å². The number of benzene rings is 2. The molecule has 1 heterocycles. The number of nitrogens with zero attached hydrogens (tertiary/aromatic N) is 3. The molecule has 1 atom stereocenters. The molecule has 0 saturated carbocycles. The molecule has 1 aromatic heterocycles. The molecule has 134 valence electrons. The van der Waals surface area contributed by atoms with Gasteiger partial charge in [0.15, 0.2) is 0 Å². The largest absolute Gasteiger partial charge is 0.324 e. The second kappa shape index (κ2) is 7.47. The van der Waals surface area contributed by atoms with Crippen molar-refractivity contribution in [1.29, 1.82) is 0 Å². The Hall–Kier alpha value is -3.02. The number of nitrogens with one attached hydrogen (secondary N) is 1. The number of hydrogen-bond donors (Lipinski definition) is 1. The van der Waals surface area contributed by atoms with Crippen LogP contribution in [0.2, 0.25) is 0 Å². The van der Waals surface area contributed by atoms with Crippen molar-refractivity contribution in [2.24, 2.45) is 0 Å². The number of amides is 1. The average molecular weight is 350 g/mol. The van der Waals surface area contributed by atoms with Gasteiger partial charge >= 0.3 is 0 Å². The van der Waals surface area contributed by atoms with Crippen molar-refractivity contribution in [2.75, 3.05) is 5.32 Å². The standard InChI is InChI=1S/C20H22N4O2/c1-4-18(19(25)21-15-11-9-14(10-12-15)13(2)3)24-20(26)16-7-5-6-8-17(16)22-23-24/h5-13,18H,4H2,1-3H3,(H,21,25). The van der Waals surface area contributed by atoms with Crippen molar-refractivity contribution in [3.63, 3.8) is 0 Å². The third kappa shape index (κ3) is 3.49. The van der Waals surface area contributed by atoms with E-state index in [1.165, 1.54) is 10.2 Å². The van der Waals surface area contributed by atoms with Crippen LogP contribution in [0.5, 0.6) is 0 Å². The van der Waals surface area contributed by atoms with Gasteiger partial charge in [-0.15, -0.1) is 5.10 Å². The van der Waals surface area contributed by atoms with E-state index in [4.69, 9.17) is 0 Å². The summed E-state index contributed by atoms with van der Waals surface area (Å²) >= 11 is 0. The van der Waals surface area contributed by atoms with Crippen molar-refractivity contribution in [3.8, 4) is 0 Å². The fraction of sp³-hybridized carbons (Fsp3) is 0.300. The quantitative estimate of drug-likeness (QED) is 0.764. The van der Waals surface area contributed by atoms with Gasteiger partial charge in [0.2, 0.25) is 5.91 Å². The molecule has 1 unspecified atom stereocenters. The Morgan fingerprint density at radius 2 is 1.81 bits per heavy atom. The van der Waals surface area contributed by atoms with Crippen molar-refractivity contribution in [1.82, 2.24) is 15.0 Å². The highest BCUT2D eigenvalue weighted by Crippen LogP contribution is 2.19. The summed E-state index contributed by atoms with van der Waals surface area (Å²) in [7, 11) is 0. The van der Waals surface area contributed by atoms with E-state index in [-0.39, 0.29) is 11.5 Å². The molecule has 3 aromatic rings. The van der Waals surface area contributed by atoms with Crippen LogP contribution in [0.1, 0.15) is 44.7 Å². The van der Waals surface area contributed by atoms with E-state index in [1.54, 1.807) is 24.3 Å². The normalized spacial score (nSPS) is 12.3. The maximum absolute atomic E-state index is 12.7. The Labute approximate surface area is 151 Å². The monoisotopic (exact) mass is 350 g/mol. The highest BCUT2D eigenvalue weighted by Gasteiger charge is 2.22. The minimum absolute atomic E-state index is 0.281. The maximum atomic E-state index is 12.7. The van der Waals surface area contributed by atoms with Gasteiger partial charge in [0, 0.05) is 5.69 Å². The maximum Gasteiger partial charge on any atom is 0.278 e. The predicted octanol–water partition coefficient (Wildman–Crippen LogP) is 3.50. The Morgan fingerprint density at radius 3 is 2.46 bits per heavy atom. The van der Waals surface area contributed by atoms with Crippen molar-refractivity contribution >= 4 is 22.5 Å². The number of carbonyl (C=O) groups excluding carboxylic acids is 1. The van der Waals surface area contributed by atoms with Crippen LogP contribution in [-0.2, 0) is 4.79 Å². The van der Waals surface area contributed by atoms with Gasteiger partial charge in [-0.2, -0.15) is 4.68 Å². The van der Waals surface area contributed by atoms with Crippen LogP contribution < -0.4 is 10.9 Å². The van der Waals surface area contributed by atoms with Gasteiger partial charge in [-0.3, -0.25) is 9.59 Å². The van der Waals surface area contributed by atoms with Crippen LogP contribution in [0.15, 0.2) is 53.3 Å². The molecule has 0 bridgehead atoms. The molecule has 26 heavy (non-hydrogen) atoms. The van der Waals surface area contributed by atoms with Crippen LogP contribution in [-0.4, -0.2) is 20.9 Å². The van der Waals surface area contributed by atoms with Gasteiger partial charge in [0.1, 0.15) is 11.6 Å². The summed E-state index contributed by atoms with van der Waals surface area (Å²) < 4.78 is 1.17. The Kier molecular flexibility index (Phi) is 5.11. The SMILES string of the molecule is CCC(C(=O)Nc1ccc(C(C)C)cc1)n1nnc2ccccc2c1=O. The fourth-order valence-corrected chi connectivity index (χ4v) is 2.85.